The fourth-order valence-corrected chi connectivity index (χ4v) is 2.04. The fourth-order valence-electron chi connectivity index (χ4n) is 1.86. The number of nitrogens with zero attached hydrogens (tertiary/aromatic N) is 2. The van der Waals surface area contributed by atoms with Crippen LogP contribution < -0.4 is 5.73 Å². The number of ether oxygens (including phenoxy) is 1. The highest BCUT2D eigenvalue weighted by atomic mass is 35.5. The second-order valence-electron chi connectivity index (χ2n) is 4.68. The molecule has 20 heavy (non-hydrogen) atoms. The van der Waals surface area contributed by atoms with Crippen LogP contribution in [-0.4, -0.2) is 16.7 Å². The molecule has 0 amide bonds. The zero-order valence-electron chi connectivity index (χ0n) is 11.8. The van der Waals surface area contributed by atoms with Crippen molar-refractivity contribution in [3.63, 3.8) is 0 Å². The molecule has 108 valence electrons. The molecular formula is C14H18ClN3O2. The van der Waals surface area contributed by atoms with Gasteiger partial charge < -0.3 is 15.0 Å². The lowest BCUT2D eigenvalue weighted by molar-refractivity contribution is -0.0403. The normalized spacial score (nSPS) is 14.2. The molecule has 1 heterocycles. The Morgan fingerprint density at radius 2 is 2.15 bits per heavy atom. The van der Waals surface area contributed by atoms with Gasteiger partial charge in [-0.3, -0.25) is 0 Å². The van der Waals surface area contributed by atoms with E-state index >= 15 is 0 Å². The van der Waals surface area contributed by atoms with Crippen molar-refractivity contribution < 1.29 is 9.26 Å². The second-order valence-corrected chi connectivity index (χ2v) is 5.08. The average Bonchev–Trinajstić information content (AvgIpc) is 2.92. The van der Waals surface area contributed by atoms with E-state index in [0.717, 1.165) is 12.0 Å². The van der Waals surface area contributed by atoms with Gasteiger partial charge in [-0.2, -0.15) is 4.98 Å². The van der Waals surface area contributed by atoms with Gasteiger partial charge in [-0.25, -0.2) is 0 Å². The molecule has 0 aliphatic heterocycles. The summed E-state index contributed by atoms with van der Waals surface area (Å²) in [7, 11) is 0. The first kappa shape index (κ1) is 14.8. The van der Waals surface area contributed by atoms with E-state index in [1.54, 1.807) is 18.2 Å². The van der Waals surface area contributed by atoms with Gasteiger partial charge in [-0.05, 0) is 38.5 Å². The highest BCUT2D eigenvalue weighted by molar-refractivity contribution is 6.33. The number of nitrogens with two attached hydrogens (primary N) is 1. The summed E-state index contributed by atoms with van der Waals surface area (Å²) in [5, 5.41) is 4.48. The predicted molar refractivity (Wildman–Crippen MR) is 78.4 cm³/mol. The second kappa shape index (κ2) is 5.81. The van der Waals surface area contributed by atoms with Crippen LogP contribution in [0.25, 0.3) is 11.5 Å². The molecule has 6 heteroatoms. The zero-order chi connectivity index (χ0) is 14.8. The summed E-state index contributed by atoms with van der Waals surface area (Å²) in [5.74, 6) is 0.936. The van der Waals surface area contributed by atoms with Gasteiger partial charge in [-0.1, -0.05) is 23.7 Å². The molecule has 0 saturated heterocycles. The molecule has 0 radical (unpaired) electrons. The lowest BCUT2D eigenvalue weighted by Crippen LogP contribution is -2.26. The third-order valence-electron chi connectivity index (χ3n) is 3.28. The zero-order valence-corrected chi connectivity index (χ0v) is 12.6. The Morgan fingerprint density at radius 3 is 2.75 bits per heavy atom. The number of rotatable bonds is 5. The summed E-state index contributed by atoms with van der Waals surface area (Å²) in [6.45, 7) is 6.49. The maximum Gasteiger partial charge on any atom is 0.258 e. The summed E-state index contributed by atoms with van der Waals surface area (Å²) in [4.78, 5) is 4.41. The SMILES string of the molecule is CCOC(C)(CC)c1noc(-c2ccc(N)c(Cl)c2)n1. The summed E-state index contributed by atoms with van der Waals surface area (Å²) < 4.78 is 11.0. The van der Waals surface area contributed by atoms with Gasteiger partial charge in [0.05, 0.1) is 10.7 Å². The van der Waals surface area contributed by atoms with E-state index in [9.17, 15) is 0 Å². The first-order chi connectivity index (χ1) is 9.50. The highest BCUT2D eigenvalue weighted by Crippen LogP contribution is 2.30. The molecule has 0 spiro atoms. The van der Waals surface area contributed by atoms with Crippen LogP contribution in [0.3, 0.4) is 0 Å². The fraction of sp³-hybridized carbons (Fsp3) is 0.429. The van der Waals surface area contributed by atoms with Crippen molar-refractivity contribution >= 4 is 17.3 Å². The van der Waals surface area contributed by atoms with Gasteiger partial charge in [-0.15, -0.1) is 0 Å². The summed E-state index contributed by atoms with van der Waals surface area (Å²) in [5.41, 5.74) is 6.39. The van der Waals surface area contributed by atoms with Crippen LogP contribution in [0.2, 0.25) is 5.02 Å². The van der Waals surface area contributed by atoms with Crippen LogP contribution in [0.4, 0.5) is 5.69 Å². The molecular weight excluding hydrogens is 278 g/mol. The summed E-state index contributed by atoms with van der Waals surface area (Å²) in [6.07, 6.45) is 0.752. The largest absolute Gasteiger partial charge is 0.398 e. The molecule has 0 bridgehead atoms. The minimum absolute atomic E-state index is 0.404. The molecule has 2 aromatic rings. The molecule has 1 unspecified atom stereocenters. The Kier molecular flexibility index (Phi) is 4.30. The maximum atomic E-state index is 6.00. The Hall–Kier alpha value is -1.59. The molecule has 0 fully saturated rings. The number of hydrogen-bond acceptors (Lipinski definition) is 5. The lowest BCUT2D eigenvalue weighted by Gasteiger charge is -2.23. The molecule has 0 aliphatic carbocycles. The summed E-state index contributed by atoms with van der Waals surface area (Å²) in [6, 6.07) is 5.21. The highest BCUT2D eigenvalue weighted by Gasteiger charge is 2.31. The first-order valence-corrected chi connectivity index (χ1v) is 6.91. The van der Waals surface area contributed by atoms with Crippen LogP contribution in [0, 0.1) is 0 Å². The number of nitrogen functional groups attached to an aromatic ring is 1. The lowest BCUT2D eigenvalue weighted by atomic mass is 10.0. The number of hydrogen-bond donors (Lipinski definition) is 1. The van der Waals surface area contributed by atoms with Gasteiger partial charge in [0, 0.05) is 12.2 Å². The van der Waals surface area contributed by atoms with Crippen molar-refractivity contribution in [1.29, 1.82) is 0 Å². The molecule has 0 aliphatic rings. The molecule has 2 rings (SSSR count). The Morgan fingerprint density at radius 1 is 1.40 bits per heavy atom. The Labute approximate surface area is 123 Å². The molecule has 5 nitrogen and oxygen atoms in total. The van der Waals surface area contributed by atoms with Gasteiger partial charge in [0.2, 0.25) is 5.82 Å². The molecule has 0 saturated carbocycles. The number of aromatic nitrogens is 2. The van der Waals surface area contributed by atoms with E-state index in [1.807, 2.05) is 20.8 Å². The third-order valence-corrected chi connectivity index (χ3v) is 3.61. The quantitative estimate of drug-likeness (QED) is 0.853. The molecule has 2 N–H and O–H groups in total. The van der Waals surface area contributed by atoms with Crippen LogP contribution in [0.1, 0.15) is 33.0 Å². The van der Waals surface area contributed by atoms with Crippen LogP contribution in [-0.2, 0) is 10.3 Å². The van der Waals surface area contributed by atoms with Crippen LogP contribution in [0.15, 0.2) is 22.7 Å². The number of halogens is 1. The predicted octanol–water partition coefficient (Wildman–Crippen LogP) is 3.63. The summed E-state index contributed by atoms with van der Waals surface area (Å²) >= 11 is 6.00. The van der Waals surface area contributed by atoms with Crippen molar-refractivity contribution in [1.82, 2.24) is 10.1 Å². The van der Waals surface area contributed by atoms with Crippen molar-refractivity contribution in [2.45, 2.75) is 32.8 Å². The Bertz CT molecular complexity index is 600. The van der Waals surface area contributed by atoms with Gasteiger partial charge >= 0.3 is 0 Å². The minimum Gasteiger partial charge on any atom is -0.398 e. The standard InChI is InChI=1S/C14H18ClN3O2/c1-4-14(3,19-5-2)13-17-12(20-18-13)9-6-7-11(16)10(15)8-9/h6-8H,4-5,16H2,1-3H3. The maximum absolute atomic E-state index is 6.00. The van der Waals surface area contributed by atoms with E-state index in [-0.39, 0.29) is 0 Å². The number of anilines is 1. The van der Waals surface area contributed by atoms with Gasteiger partial charge in [0.15, 0.2) is 0 Å². The van der Waals surface area contributed by atoms with Gasteiger partial charge in [0.25, 0.3) is 5.89 Å². The monoisotopic (exact) mass is 295 g/mol. The van der Waals surface area contributed by atoms with Gasteiger partial charge in [0.1, 0.15) is 5.60 Å². The minimum atomic E-state index is -0.548. The van der Waals surface area contributed by atoms with E-state index in [2.05, 4.69) is 10.1 Å². The van der Waals surface area contributed by atoms with Crippen LogP contribution >= 0.6 is 11.6 Å². The van der Waals surface area contributed by atoms with Crippen molar-refractivity contribution in [3.8, 4) is 11.5 Å². The first-order valence-electron chi connectivity index (χ1n) is 6.53. The van der Waals surface area contributed by atoms with E-state index < -0.39 is 5.60 Å². The van der Waals surface area contributed by atoms with E-state index in [4.69, 9.17) is 26.6 Å². The van der Waals surface area contributed by atoms with Crippen molar-refractivity contribution in [3.05, 3.63) is 29.0 Å². The van der Waals surface area contributed by atoms with E-state index in [1.165, 1.54) is 0 Å². The van der Waals surface area contributed by atoms with E-state index in [0.29, 0.717) is 29.0 Å². The average molecular weight is 296 g/mol. The Balaban J connectivity index is 2.34. The molecule has 1 aromatic heterocycles. The van der Waals surface area contributed by atoms with Crippen molar-refractivity contribution in [2.75, 3.05) is 12.3 Å². The van der Waals surface area contributed by atoms with Crippen LogP contribution in [0.5, 0.6) is 0 Å². The third kappa shape index (κ3) is 2.78. The molecule has 1 atom stereocenters. The molecule has 1 aromatic carbocycles. The number of benzene rings is 1. The smallest absolute Gasteiger partial charge is 0.258 e. The van der Waals surface area contributed by atoms with Crippen molar-refractivity contribution in [2.24, 2.45) is 0 Å². The topological polar surface area (TPSA) is 74.2 Å².